The first kappa shape index (κ1) is 16.5. The van der Waals surface area contributed by atoms with Crippen molar-refractivity contribution in [2.24, 2.45) is 0 Å². The van der Waals surface area contributed by atoms with E-state index in [1.807, 2.05) is 17.8 Å². The number of aryl methyl sites for hydroxylation is 1. The van der Waals surface area contributed by atoms with Crippen LogP contribution in [0.1, 0.15) is 30.8 Å². The summed E-state index contributed by atoms with van der Waals surface area (Å²) in [5.74, 6) is 0.763. The van der Waals surface area contributed by atoms with E-state index in [1.54, 1.807) is 19.5 Å². The number of methoxy groups -OCH3 is 1. The minimum atomic E-state index is -0.100. The standard InChI is InChI=1S/C14H18Br2N4O/c1-4-5-20-14(11(21-3)8-19-20)13(17-2)12-10(16)6-9(15)7-18-12/h6-8,13,17H,4-5H2,1-3H3. The van der Waals surface area contributed by atoms with Gasteiger partial charge in [-0.05, 0) is 51.4 Å². The van der Waals surface area contributed by atoms with Gasteiger partial charge in [-0.25, -0.2) is 0 Å². The summed E-state index contributed by atoms with van der Waals surface area (Å²) in [5, 5.41) is 7.72. The van der Waals surface area contributed by atoms with Crippen molar-refractivity contribution in [1.82, 2.24) is 20.1 Å². The van der Waals surface area contributed by atoms with Crippen LogP contribution in [0.25, 0.3) is 0 Å². The molecule has 1 atom stereocenters. The summed E-state index contributed by atoms with van der Waals surface area (Å²) in [6, 6.07) is 1.89. The van der Waals surface area contributed by atoms with Crippen LogP contribution in [-0.4, -0.2) is 28.9 Å². The lowest BCUT2D eigenvalue weighted by Gasteiger charge is -2.20. The minimum Gasteiger partial charge on any atom is -0.493 e. The fraction of sp³-hybridized carbons (Fsp3) is 0.429. The summed E-state index contributed by atoms with van der Waals surface area (Å²) in [7, 11) is 3.57. The fourth-order valence-corrected chi connectivity index (χ4v) is 3.47. The SMILES string of the molecule is CCCn1ncc(OC)c1C(NC)c1ncc(Br)cc1Br. The maximum absolute atomic E-state index is 5.46. The highest BCUT2D eigenvalue weighted by Gasteiger charge is 2.25. The van der Waals surface area contributed by atoms with Gasteiger partial charge in [0.05, 0.1) is 25.0 Å². The van der Waals surface area contributed by atoms with Gasteiger partial charge in [0.15, 0.2) is 5.75 Å². The molecule has 0 aromatic carbocycles. The molecular weight excluding hydrogens is 400 g/mol. The Morgan fingerprint density at radius 3 is 2.71 bits per heavy atom. The lowest BCUT2D eigenvalue weighted by molar-refractivity contribution is 0.399. The van der Waals surface area contributed by atoms with Crippen molar-refractivity contribution in [3.05, 3.63) is 38.8 Å². The molecule has 2 aromatic heterocycles. The first-order valence-corrected chi connectivity index (χ1v) is 8.28. The molecule has 0 radical (unpaired) electrons. The highest BCUT2D eigenvalue weighted by atomic mass is 79.9. The Morgan fingerprint density at radius 2 is 2.14 bits per heavy atom. The molecule has 0 spiro atoms. The monoisotopic (exact) mass is 416 g/mol. The molecule has 0 aliphatic rings. The molecule has 2 aromatic rings. The van der Waals surface area contributed by atoms with Gasteiger partial charge in [0.25, 0.3) is 0 Å². The zero-order valence-corrected chi connectivity index (χ0v) is 15.4. The van der Waals surface area contributed by atoms with Gasteiger partial charge in [0, 0.05) is 21.7 Å². The Kier molecular flexibility index (Phi) is 5.78. The number of hydrogen-bond acceptors (Lipinski definition) is 4. The molecule has 0 amide bonds. The predicted molar refractivity (Wildman–Crippen MR) is 89.6 cm³/mol. The van der Waals surface area contributed by atoms with Gasteiger partial charge in [-0.3, -0.25) is 9.67 Å². The number of ether oxygens (including phenoxy) is 1. The first-order valence-electron chi connectivity index (χ1n) is 6.70. The van der Waals surface area contributed by atoms with E-state index < -0.39 is 0 Å². The van der Waals surface area contributed by atoms with Crippen molar-refractivity contribution in [2.75, 3.05) is 14.2 Å². The van der Waals surface area contributed by atoms with Crippen molar-refractivity contribution in [1.29, 1.82) is 0 Å². The highest BCUT2D eigenvalue weighted by molar-refractivity contribution is 9.11. The van der Waals surface area contributed by atoms with Gasteiger partial charge in [-0.2, -0.15) is 5.10 Å². The van der Waals surface area contributed by atoms with E-state index >= 15 is 0 Å². The molecule has 0 saturated carbocycles. The third kappa shape index (κ3) is 3.46. The van der Waals surface area contributed by atoms with E-state index in [-0.39, 0.29) is 6.04 Å². The smallest absolute Gasteiger partial charge is 0.161 e. The van der Waals surface area contributed by atoms with Crippen molar-refractivity contribution in [2.45, 2.75) is 25.9 Å². The van der Waals surface area contributed by atoms with E-state index in [9.17, 15) is 0 Å². The third-order valence-corrected chi connectivity index (χ3v) is 4.24. The average molecular weight is 418 g/mol. The van der Waals surface area contributed by atoms with E-state index in [2.05, 4.69) is 54.2 Å². The van der Waals surface area contributed by atoms with Gasteiger partial charge >= 0.3 is 0 Å². The topological polar surface area (TPSA) is 52.0 Å². The first-order chi connectivity index (χ1) is 10.1. The molecule has 5 nitrogen and oxygen atoms in total. The second kappa shape index (κ2) is 7.38. The summed E-state index contributed by atoms with van der Waals surface area (Å²) >= 11 is 7.01. The van der Waals surface area contributed by atoms with Crippen molar-refractivity contribution >= 4 is 31.9 Å². The van der Waals surface area contributed by atoms with Crippen LogP contribution >= 0.6 is 31.9 Å². The summed E-state index contributed by atoms with van der Waals surface area (Å²) in [6.45, 7) is 2.96. The molecule has 2 heterocycles. The lowest BCUT2D eigenvalue weighted by atomic mass is 10.1. The molecule has 0 aliphatic heterocycles. The molecular formula is C14H18Br2N4O. The van der Waals surface area contributed by atoms with Crippen LogP contribution in [-0.2, 0) is 6.54 Å². The van der Waals surface area contributed by atoms with Crippen molar-refractivity contribution in [3.63, 3.8) is 0 Å². The van der Waals surface area contributed by atoms with Crippen LogP contribution in [0.3, 0.4) is 0 Å². The molecule has 2 rings (SSSR count). The van der Waals surface area contributed by atoms with Gasteiger partial charge in [-0.15, -0.1) is 0 Å². The zero-order chi connectivity index (χ0) is 15.4. The number of aromatic nitrogens is 3. The average Bonchev–Trinajstić information content (AvgIpc) is 2.85. The van der Waals surface area contributed by atoms with Crippen LogP contribution in [0.5, 0.6) is 5.75 Å². The molecule has 0 saturated heterocycles. The van der Waals surface area contributed by atoms with E-state index in [4.69, 9.17) is 4.74 Å². The Hall–Kier alpha value is -0.920. The van der Waals surface area contributed by atoms with Crippen LogP contribution in [0.15, 0.2) is 27.4 Å². The number of pyridine rings is 1. The van der Waals surface area contributed by atoms with E-state index in [1.165, 1.54) is 0 Å². The molecule has 7 heteroatoms. The Bertz CT molecular complexity index is 615. The quantitative estimate of drug-likeness (QED) is 0.780. The largest absolute Gasteiger partial charge is 0.493 e. The van der Waals surface area contributed by atoms with Gasteiger partial charge < -0.3 is 10.1 Å². The van der Waals surface area contributed by atoms with Gasteiger partial charge in [-0.1, -0.05) is 6.92 Å². The maximum atomic E-state index is 5.46. The summed E-state index contributed by atoms with van der Waals surface area (Å²) < 4.78 is 9.30. The van der Waals surface area contributed by atoms with Crippen LogP contribution in [0, 0.1) is 0 Å². The minimum absolute atomic E-state index is 0.100. The highest BCUT2D eigenvalue weighted by Crippen LogP contribution is 2.33. The van der Waals surface area contributed by atoms with Crippen LogP contribution < -0.4 is 10.1 Å². The number of rotatable bonds is 6. The normalized spacial score (nSPS) is 12.4. The molecule has 0 bridgehead atoms. The predicted octanol–water partition coefficient (Wildman–Crippen LogP) is 3.53. The summed E-state index contributed by atoms with van der Waals surface area (Å²) in [5.41, 5.74) is 1.88. The Morgan fingerprint density at radius 1 is 1.38 bits per heavy atom. The van der Waals surface area contributed by atoms with E-state index in [0.717, 1.165) is 39.0 Å². The van der Waals surface area contributed by atoms with Crippen molar-refractivity contribution in [3.8, 4) is 5.75 Å². The number of halogens is 2. The zero-order valence-electron chi connectivity index (χ0n) is 12.2. The molecule has 0 fully saturated rings. The van der Waals surface area contributed by atoms with Crippen LogP contribution in [0.4, 0.5) is 0 Å². The molecule has 114 valence electrons. The molecule has 0 aliphatic carbocycles. The van der Waals surface area contributed by atoms with Gasteiger partial charge in [0.2, 0.25) is 0 Å². The maximum Gasteiger partial charge on any atom is 0.161 e. The number of nitrogens with zero attached hydrogens (tertiary/aromatic N) is 3. The summed E-state index contributed by atoms with van der Waals surface area (Å²) in [4.78, 5) is 4.53. The Balaban J connectivity index is 2.52. The molecule has 21 heavy (non-hydrogen) atoms. The number of hydrogen-bond donors (Lipinski definition) is 1. The molecule has 1 N–H and O–H groups in total. The third-order valence-electron chi connectivity index (χ3n) is 3.17. The number of nitrogens with one attached hydrogen (secondary N) is 1. The lowest BCUT2D eigenvalue weighted by Crippen LogP contribution is -2.23. The second-order valence-electron chi connectivity index (χ2n) is 4.56. The van der Waals surface area contributed by atoms with Crippen LogP contribution in [0.2, 0.25) is 0 Å². The van der Waals surface area contributed by atoms with Crippen molar-refractivity contribution < 1.29 is 4.74 Å². The van der Waals surface area contributed by atoms with Gasteiger partial charge in [0.1, 0.15) is 5.69 Å². The fourth-order valence-electron chi connectivity index (χ4n) is 2.26. The second-order valence-corrected chi connectivity index (χ2v) is 6.33. The molecule has 1 unspecified atom stereocenters. The van der Waals surface area contributed by atoms with E-state index in [0.29, 0.717) is 0 Å². The Labute approximate surface area is 141 Å². The summed E-state index contributed by atoms with van der Waals surface area (Å²) in [6.07, 6.45) is 4.54.